The average molecular weight is 497 g/mol. The van der Waals surface area contributed by atoms with Gasteiger partial charge in [-0.05, 0) is 49.6 Å². The highest BCUT2D eigenvalue weighted by atomic mass is 32.2. The van der Waals surface area contributed by atoms with Crippen LogP contribution in [0.4, 0.5) is 0 Å². The first-order valence-electron chi connectivity index (χ1n) is 10.3. The molecule has 3 rings (SSSR count). The fourth-order valence-corrected chi connectivity index (χ4v) is 4.71. The van der Waals surface area contributed by atoms with Crippen molar-refractivity contribution in [2.45, 2.75) is 30.4 Å². The quantitative estimate of drug-likeness (QED) is 0.406. The molecule has 1 aliphatic rings. The molecular formula is C22H28N2O7S2. The normalized spacial score (nSPS) is 14.5. The lowest BCUT2D eigenvalue weighted by atomic mass is 10.2. The topological polar surface area (TPSA) is 123 Å². The Kier molecular flexibility index (Phi) is 8.84. The number of fused-ring (bicyclic) bond motifs is 1. The number of amides is 1. The number of thioether (sulfide) groups is 1. The molecule has 11 heteroatoms. The number of carbonyl (C=O) groups is 1. The minimum atomic E-state index is -3.87. The number of hydrogen-bond acceptors (Lipinski definition) is 8. The molecule has 1 aliphatic heterocycles. The monoisotopic (exact) mass is 496 g/mol. The Balaban J connectivity index is 1.52. The number of rotatable bonds is 12. The minimum absolute atomic E-state index is 0.0650. The number of sulfonamides is 1. The molecular weight excluding hydrogens is 468 g/mol. The number of carbonyl (C=O) groups excluding carboxylic acids is 1. The van der Waals surface area contributed by atoms with Crippen LogP contribution < -0.4 is 24.2 Å². The molecule has 0 spiro atoms. The maximum Gasteiger partial charge on any atom is 0.241 e. The van der Waals surface area contributed by atoms with Gasteiger partial charge in [0.05, 0.1) is 4.90 Å². The number of aryl methyl sites for hydroxylation is 1. The van der Waals surface area contributed by atoms with E-state index in [4.69, 9.17) is 14.2 Å². The van der Waals surface area contributed by atoms with Crippen LogP contribution in [-0.4, -0.2) is 63.5 Å². The Morgan fingerprint density at radius 1 is 1.18 bits per heavy atom. The third kappa shape index (κ3) is 7.26. The van der Waals surface area contributed by atoms with Gasteiger partial charge in [0.25, 0.3) is 0 Å². The van der Waals surface area contributed by atoms with E-state index in [9.17, 15) is 18.3 Å². The lowest BCUT2D eigenvalue weighted by Gasteiger charge is -2.20. The number of ether oxygens (including phenoxy) is 3. The molecule has 3 N–H and O–H groups in total. The molecule has 2 atom stereocenters. The van der Waals surface area contributed by atoms with Gasteiger partial charge in [-0.2, -0.15) is 16.5 Å². The van der Waals surface area contributed by atoms with E-state index in [2.05, 4.69) is 10.0 Å². The Morgan fingerprint density at radius 3 is 2.64 bits per heavy atom. The molecule has 9 nitrogen and oxygen atoms in total. The second-order valence-electron chi connectivity index (χ2n) is 7.49. The first-order chi connectivity index (χ1) is 15.8. The lowest BCUT2D eigenvalue weighted by molar-refractivity contribution is -0.123. The van der Waals surface area contributed by atoms with Gasteiger partial charge in [-0.1, -0.05) is 17.7 Å². The molecule has 0 aliphatic carbocycles. The van der Waals surface area contributed by atoms with Gasteiger partial charge < -0.3 is 24.6 Å². The molecule has 0 aromatic heterocycles. The fraction of sp³-hybridized carbons (Fsp3) is 0.409. The van der Waals surface area contributed by atoms with Gasteiger partial charge in [0.2, 0.25) is 22.7 Å². The highest BCUT2D eigenvalue weighted by Crippen LogP contribution is 2.35. The first-order valence-corrected chi connectivity index (χ1v) is 13.2. The number of aliphatic hydroxyl groups is 1. The summed E-state index contributed by atoms with van der Waals surface area (Å²) in [7, 11) is -3.87. The second-order valence-corrected chi connectivity index (χ2v) is 10.2. The summed E-state index contributed by atoms with van der Waals surface area (Å²) in [6.45, 7) is 1.86. The van der Waals surface area contributed by atoms with Crippen LogP contribution in [0.15, 0.2) is 47.4 Å². The van der Waals surface area contributed by atoms with E-state index in [-0.39, 0.29) is 24.8 Å². The molecule has 0 saturated carbocycles. The summed E-state index contributed by atoms with van der Waals surface area (Å²) >= 11 is 1.51. The van der Waals surface area contributed by atoms with Gasteiger partial charge in [0, 0.05) is 12.6 Å². The molecule has 1 heterocycles. The van der Waals surface area contributed by atoms with Gasteiger partial charge in [0.15, 0.2) is 11.5 Å². The van der Waals surface area contributed by atoms with E-state index >= 15 is 0 Å². The zero-order chi connectivity index (χ0) is 23.8. The molecule has 0 saturated heterocycles. The first kappa shape index (κ1) is 25.2. The maximum absolute atomic E-state index is 12.7. The van der Waals surface area contributed by atoms with E-state index in [0.717, 1.165) is 5.56 Å². The zero-order valence-electron chi connectivity index (χ0n) is 18.4. The van der Waals surface area contributed by atoms with E-state index in [0.29, 0.717) is 29.4 Å². The van der Waals surface area contributed by atoms with Crippen LogP contribution in [0.2, 0.25) is 0 Å². The summed E-state index contributed by atoms with van der Waals surface area (Å²) < 4.78 is 44.0. The standard InChI is InChI=1S/C22H28N2O7S2/c1-15-3-6-18(7-4-15)33(27,28)24-19(9-10-32-2)22(26)23-12-16(25)13-29-17-5-8-20-21(11-17)31-14-30-20/h3-8,11,16,19,24-25H,9-10,12-14H2,1-2H3,(H,23,26). The number of nitrogens with one attached hydrogen (secondary N) is 2. The Labute approximate surface area is 197 Å². The van der Waals surface area contributed by atoms with Crippen molar-refractivity contribution in [3.8, 4) is 17.2 Å². The predicted octanol–water partition coefficient (Wildman–Crippen LogP) is 1.68. The highest BCUT2D eigenvalue weighted by Gasteiger charge is 2.26. The van der Waals surface area contributed by atoms with E-state index in [1.807, 2.05) is 13.2 Å². The van der Waals surface area contributed by atoms with Crippen molar-refractivity contribution < 1.29 is 32.5 Å². The lowest BCUT2D eigenvalue weighted by Crippen LogP contribution is -2.49. The van der Waals surface area contributed by atoms with Gasteiger partial charge in [-0.25, -0.2) is 8.42 Å². The van der Waals surface area contributed by atoms with Crippen molar-refractivity contribution in [1.29, 1.82) is 0 Å². The molecule has 2 aromatic rings. The molecule has 180 valence electrons. The van der Waals surface area contributed by atoms with Crippen LogP contribution in [0, 0.1) is 6.92 Å². The van der Waals surface area contributed by atoms with Gasteiger partial charge in [-0.3, -0.25) is 4.79 Å². The second kappa shape index (κ2) is 11.6. The van der Waals surface area contributed by atoms with Crippen molar-refractivity contribution in [3.05, 3.63) is 48.0 Å². The third-order valence-electron chi connectivity index (χ3n) is 4.85. The largest absolute Gasteiger partial charge is 0.491 e. The van der Waals surface area contributed by atoms with Crippen LogP contribution in [0.1, 0.15) is 12.0 Å². The van der Waals surface area contributed by atoms with E-state index < -0.39 is 28.1 Å². The molecule has 2 unspecified atom stereocenters. The SMILES string of the molecule is CSCCC(NS(=O)(=O)c1ccc(C)cc1)C(=O)NCC(O)COc1ccc2c(c1)OCO2. The van der Waals surface area contributed by atoms with Crippen molar-refractivity contribution in [2.75, 3.05) is 32.0 Å². The summed E-state index contributed by atoms with van der Waals surface area (Å²) in [5.41, 5.74) is 0.933. The molecule has 2 aromatic carbocycles. The van der Waals surface area contributed by atoms with E-state index in [1.54, 1.807) is 30.3 Å². The summed E-state index contributed by atoms with van der Waals surface area (Å²) in [6, 6.07) is 10.5. The molecule has 0 radical (unpaired) electrons. The molecule has 1 amide bonds. The number of hydrogen-bond donors (Lipinski definition) is 3. The smallest absolute Gasteiger partial charge is 0.241 e. The predicted molar refractivity (Wildman–Crippen MR) is 125 cm³/mol. The fourth-order valence-electron chi connectivity index (χ4n) is 3.01. The van der Waals surface area contributed by atoms with Gasteiger partial charge >= 0.3 is 0 Å². The summed E-state index contributed by atoms with van der Waals surface area (Å²) in [5.74, 6) is 1.76. The number of aliphatic hydroxyl groups excluding tert-OH is 1. The summed E-state index contributed by atoms with van der Waals surface area (Å²) in [4.78, 5) is 12.8. The minimum Gasteiger partial charge on any atom is -0.491 e. The summed E-state index contributed by atoms with van der Waals surface area (Å²) in [6.07, 6.45) is 1.19. The van der Waals surface area contributed by atoms with Gasteiger partial charge in [-0.15, -0.1) is 0 Å². The van der Waals surface area contributed by atoms with Crippen molar-refractivity contribution in [2.24, 2.45) is 0 Å². The highest BCUT2D eigenvalue weighted by molar-refractivity contribution is 7.98. The maximum atomic E-state index is 12.7. The number of benzene rings is 2. The van der Waals surface area contributed by atoms with Gasteiger partial charge in [0.1, 0.15) is 24.5 Å². The Morgan fingerprint density at radius 2 is 1.91 bits per heavy atom. The average Bonchev–Trinajstić information content (AvgIpc) is 3.27. The van der Waals surface area contributed by atoms with Crippen LogP contribution in [0.3, 0.4) is 0 Å². The van der Waals surface area contributed by atoms with E-state index in [1.165, 1.54) is 23.9 Å². The van der Waals surface area contributed by atoms with Crippen molar-refractivity contribution in [3.63, 3.8) is 0 Å². The van der Waals surface area contributed by atoms with Crippen LogP contribution in [0.5, 0.6) is 17.2 Å². The Bertz CT molecular complexity index is 1050. The Hall–Kier alpha value is -2.47. The zero-order valence-corrected chi connectivity index (χ0v) is 20.1. The molecule has 33 heavy (non-hydrogen) atoms. The molecule has 0 fully saturated rings. The third-order valence-corrected chi connectivity index (χ3v) is 6.99. The van der Waals surface area contributed by atoms with Crippen molar-refractivity contribution in [1.82, 2.24) is 10.0 Å². The van der Waals surface area contributed by atoms with Crippen LogP contribution in [-0.2, 0) is 14.8 Å². The van der Waals surface area contributed by atoms with Crippen LogP contribution in [0.25, 0.3) is 0 Å². The van der Waals surface area contributed by atoms with Crippen molar-refractivity contribution >= 4 is 27.7 Å². The molecule has 0 bridgehead atoms. The van der Waals surface area contributed by atoms with Crippen LogP contribution >= 0.6 is 11.8 Å². The summed E-state index contributed by atoms with van der Waals surface area (Å²) in [5, 5.41) is 12.8.